The molecule has 0 aromatic heterocycles. The molecule has 0 saturated carbocycles. The van der Waals surface area contributed by atoms with Crippen LogP contribution in [0.25, 0.3) is 0 Å². The molecule has 1 unspecified atom stereocenters. The van der Waals surface area contributed by atoms with Crippen molar-refractivity contribution in [2.45, 2.75) is 63.9 Å². The van der Waals surface area contributed by atoms with E-state index in [2.05, 4.69) is 76.2 Å². The Labute approximate surface area is 187 Å². The fourth-order valence-electron chi connectivity index (χ4n) is 5.12. The van der Waals surface area contributed by atoms with Crippen molar-refractivity contribution in [2.75, 3.05) is 13.2 Å². The van der Waals surface area contributed by atoms with E-state index in [-0.39, 0.29) is 29.6 Å². The number of rotatable bonds is 5. The summed E-state index contributed by atoms with van der Waals surface area (Å²) in [6.45, 7) is 9.92. The van der Waals surface area contributed by atoms with E-state index in [1.54, 1.807) is 0 Å². The van der Waals surface area contributed by atoms with Gasteiger partial charge in [0.15, 0.2) is 5.78 Å². The van der Waals surface area contributed by atoms with Gasteiger partial charge >= 0.3 is 0 Å². The van der Waals surface area contributed by atoms with E-state index in [4.69, 9.17) is 13.9 Å². The molecule has 4 nitrogen and oxygen atoms in total. The van der Waals surface area contributed by atoms with Crippen LogP contribution in [0.2, 0.25) is 5.04 Å². The Morgan fingerprint density at radius 3 is 2.13 bits per heavy atom. The molecular weight excluding hydrogens is 404 g/mol. The van der Waals surface area contributed by atoms with Gasteiger partial charge in [-0.05, 0) is 27.8 Å². The SMILES string of the molecule is C[C@@H]1CCO[C@@H]2CC(=O)[C@@H](CO[Si](c3ccccc3)(c3ccccc3)C(C)(C)C)OC12. The second-order valence-corrected chi connectivity index (χ2v) is 14.2. The number of hydrogen-bond acceptors (Lipinski definition) is 4. The smallest absolute Gasteiger partial charge is 0.261 e. The molecule has 166 valence electrons. The molecule has 0 radical (unpaired) electrons. The molecule has 2 fully saturated rings. The Hall–Kier alpha value is -1.79. The highest BCUT2D eigenvalue weighted by molar-refractivity contribution is 6.99. The van der Waals surface area contributed by atoms with Crippen LogP contribution in [0.15, 0.2) is 60.7 Å². The van der Waals surface area contributed by atoms with Gasteiger partial charge in [-0.3, -0.25) is 4.79 Å². The Kier molecular flexibility index (Phi) is 6.49. The van der Waals surface area contributed by atoms with Crippen molar-refractivity contribution >= 4 is 24.5 Å². The van der Waals surface area contributed by atoms with Crippen molar-refractivity contribution in [3.63, 3.8) is 0 Å². The minimum Gasteiger partial charge on any atom is -0.404 e. The predicted molar refractivity (Wildman–Crippen MR) is 125 cm³/mol. The molecule has 5 heteroatoms. The van der Waals surface area contributed by atoms with Crippen molar-refractivity contribution in [3.8, 4) is 0 Å². The molecule has 2 aliphatic heterocycles. The summed E-state index contributed by atoms with van der Waals surface area (Å²) in [6.07, 6.45) is 0.716. The molecule has 0 bridgehead atoms. The molecule has 4 rings (SSSR count). The van der Waals surface area contributed by atoms with Gasteiger partial charge in [0.25, 0.3) is 8.32 Å². The summed E-state index contributed by atoms with van der Waals surface area (Å²) in [4.78, 5) is 12.9. The van der Waals surface area contributed by atoms with E-state index in [1.807, 2.05) is 12.1 Å². The molecule has 2 aromatic rings. The number of carbonyl (C=O) groups excluding carboxylic acids is 1. The summed E-state index contributed by atoms with van der Waals surface area (Å²) in [5.41, 5.74) is 0. The van der Waals surface area contributed by atoms with Crippen LogP contribution in [0.1, 0.15) is 40.5 Å². The number of Topliss-reactive ketones (excluding diaryl/α,β-unsaturated/α-hetero) is 1. The van der Waals surface area contributed by atoms with Crippen LogP contribution in [-0.4, -0.2) is 45.6 Å². The summed E-state index contributed by atoms with van der Waals surface area (Å²) in [5, 5.41) is 2.30. The van der Waals surface area contributed by atoms with E-state index in [1.165, 1.54) is 10.4 Å². The standard InChI is InChI=1S/C26H34O4Si/c1-19-15-16-28-23-17-22(27)24(30-25(19)23)18-29-31(26(2,3)4,20-11-7-5-8-12-20)21-13-9-6-10-14-21/h5-14,19,23-25H,15-18H2,1-4H3/t19-,23-,24-,25?/m1/s1. The van der Waals surface area contributed by atoms with Crippen LogP contribution in [0.5, 0.6) is 0 Å². The number of ketones is 1. The van der Waals surface area contributed by atoms with Gasteiger partial charge in [0.05, 0.1) is 18.8 Å². The summed E-state index contributed by atoms with van der Waals surface area (Å²) in [7, 11) is -2.69. The Morgan fingerprint density at radius 1 is 1.00 bits per heavy atom. The average molecular weight is 439 g/mol. The van der Waals surface area contributed by atoms with E-state index in [0.717, 1.165) is 6.42 Å². The van der Waals surface area contributed by atoms with Crippen LogP contribution in [-0.2, 0) is 18.7 Å². The molecule has 4 atom stereocenters. The molecule has 0 amide bonds. The topological polar surface area (TPSA) is 44.8 Å². The van der Waals surface area contributed by atoms with Crippen molar-refractivity contribution in [3.05, 3.63) is 60.7 Å². The highest BCUT2D eigenvalue weighted by atomic mass is 28.4. The van der Waals surface area contributed by atoms with Crippen LogP contribution in [0.3, 0.4) is 0 Å². The van der Waals surface area contributed by atoms with Crippen molar-refractivity contribution < 1.29 is 18.7 Å². The van der Waals surface area contributed by atoms with Gasteiger partial charge in [0.1, 0.15) is 6.10 Å². The third-order valence-electron chi connectivity index (χ3n) is 6.78. The molecule has 0 N–H and O–H groups in total. The van der Waals surface area contributed by atoms with Gasteiger partial charge in [-0.1, -0.05) is 88.4 Å². The Morgan fingerprint density at radius 2 is 1.58 bits per heavy atom. The second-order valence-electron chi connectivity index (χ2n) is 9.91. The second kappa shape index (κ2) is 8.98. The lowest BCUT2D eigenvalue weighted by Gasteiger charge is -2.45. The van der Waals surface area contributed by atoms with Gasteiger partial charge in [-0.2, -0.15) is 0 Å². The van der Waals surface area contributed by atoms with E-state index < -0.39 is 14.4 Å². The van der Waals surface area contributed by atoms with Crippen LogP contribution < -0.4 is 10.4 Å². The fourth-order valence-corrected chi connectivity index (χ4v) is 9.67. The van der Waals surface area contributed by atoms with Crippen molar-refractivity contribution in [1.29, 1.82) is 0 Å². The molecule has 2 aromatic carbocycles. The summed E-state index contributed by atoms with van der Waals surface area (Å²) >= 11 is 0. The minimum atomic E-state index is -2.69. The van der Waals surface area contributed by atoms with Gasteiger partial charge in [0.2, 0.25) is 0 Å². The molecule has 31 heavy (non-hydrogen) atoms. The summed E-state index contributed by atoms with van der Waals surface area (Å²) < 4.78 is 19.1. The lowest BCUT2D eigenvalue weighted by atomic mass is 9.88. The normalized spacial score (nSPS) is 27.0. The van der Waals surface area contributed by atoms with Crippen molar-refractivity contribution in [1.82, 2.24) is 0 Å². The zero-order valence-corrected chi connectivity index (χ0v) is 20.0. The number of benzene rings is 2. The first-order valence-corrected chi connectivity index (χ1v) is 13.3. The first kappa shape index (κ1) is 22.4. The zero-order valence-electron chi connectivity index (χ0n) is 19.0. The quantitative estimate of drug-likeness (QED) is 0.668. The predicted octanol–water partition coefficient (Wildman–Crippen LogP) is 3.71. The Balaban J connectivity index is 1.66. The zero-order chi connectivity index (χ0) is 22.1. The average Bonchev–Trinajstić information content (AvgIpc) is 2.75. The third kappa shape index (κ3) is 4.29. The van der Waals surface area contributed by atoms with Crippen LogP contribution >= 0.6 is 0 Å². The lowest BCUT2D eigenvalue weighted by molar-refractivity contribution is -0.192. The van der Waals surface area contributed by atoms with Crippen molar-refractivity contribution in [2.24, 2.45) is 5.92 Å². The van der Waals surface area contributed by atoms with Crippen LogP contribution in [0.4, 0.5) is 0 Å². The molecule has 2 heterocycles. The number of hydrogen-bond donors (Lipinski definition) is 0. The maximum absolute atomic E-state index is 12.9. The monoisotopic (exact) mass is 438 g/mol. The minimum absolute atomic E-state index is 0.0285. The van der Waals surface area contributed by atoms with E-state index >= 15 is 0 Å². The molecule has 0 spiro atoms. The maximum atomic E-state index is 12.9. The molecule has 0 aliphatic carbocycles. The maximum Gasteiger partial charge on any atom is 0.261 e. The first-order chi connectivity index (χ1) is 14.8. The number of ether oxygens (including phenoxy) is 2. The van der Waals surface area contributed by atoms with E-state index in [9.17, 15) is 4.79 Å². The van der Waals surface area contributed by atoms with Gasteiger partial charge < -0.3 is 13.9 Å². The van der Waals surface area contributed by atoms with Gasteiger partial charge in [-0.15, -0.1) is 0 Å². The first-order valence-electron chi connectivity index (χ1n) is 11.4. The molecular formula is C26H34O4Si. The third-order valence-corrected chi connectivity index (χ3v) is 11.8. The van der Waals surface area contributed by atoms with Crippen LogP contribution in [0, 0.1) is 5.92 Å². The number of fused-ring (bicyclic) bond motifs is 1. The largest absolute Gasteiger partial charge is 0.404 e. The summed E-state index contributed by atoms with van der Waals surface area (Å²) in [6, 6.07) is 21.0. The van der Waals surface area contributed by atoms with Gasteiger partial charge in [0, 0.05) is 13.0 Å². The fraction of sp³-hybridized carbons (Fsp3) is 0.500. The van der Waals surface area contributed by atoms with Gasteiger partial charge in [-0.25, -0.2) is 0 Å². The highest BCUT2D eigenvalue weighted by Crippen LogP contribution is 2.38. The summed E-state index contributed by atoms with van der Waals surface area (Å²) in [5.74, 6) is 0.482. The lowest BCUT2D eigenvalue weighted by Crippen LogP contribution is -2.67. The van der Waals surface area contributed by atoms with E-state index in [0.29, 0.717) is 18.9 Å². The Bertz CT molecular complexity index is 838. The number of carbonyl (C=O) groups is 1. The molecule has 2 aliphatic rings. The highest BCUT2D eigenvalue weighted by Gasteiger charge is 2.51. The molecule has 2 saturated heterocycles.